The number of methoxy groups -OCH3 is 1. The van der Waals surface area contributed by atoms with Crippen molar-refractivity contribution in [3.05, 3.63) is 10.0 Å². The molecule has 0 spiro atoms. The third kappa shape index (κ3) is 3.86. The summed E-state index contributed by atoms with van der Waals surface area (Å²) in [5.74, 6) is -0.0269. The summed E-state index contributed by atoms with van der Waals surface area (Å²) in [6.45, 7) is 4.01. The number of hydrogen-bond acceptors (Lipinski definition) is 6. The lowest BCUT2D eigenvalue weighted by Crippen LogP contribution is -2.32. The van der Waals surface area contributed by atoms with Gasteiger partial charge >= 0.3 is 5.97 Å². The summed E-state index contributed by atoms with van der Waals surface area (Å²) >= 11 is 6.89. The van der Waals surface area contributed by atoms with Gasteiger partial charge in [0, 0.05) is 0 Å². The molecule has 7 heteroatoms. The minimum atomic E-state index is -0.483. The van der Waals surface area contributed by atoms with Crippen LogP contribution < -0.4 is 5.32 Å². The third-order valence-electron chi connectivity index (χ3n) is 2.18. The quantitative estimate of drug-likeness (QED) is 0.843. The minimum absolute atomic E-state index is 0.151. The number of esters is 1. The number of nitrogens with one attached hydrogen (secondary N) is 1. The molecule has 0 saturated heterocycles. The van der Waals surface area contributed by atoms with Crippen molar-refractivity contribution in [1.29, 1.82) is 5.26 Å². The number of aromatic nitrogens is 1. The summed E-state index contributed by atoms with van der Waals surface area (Å²) in [4.78, 5) is 15.9. The van der Waals surface area contributed by atoms with Crippen LogP contribution in [0.2, 0.25) is 5.15 Å². The minimum Gasteiger partial charge on any atom is -0.467 e. The number of anilines is 1. The molecule has 98 valence electrons. The van der Waals surface area contributed by atoms with Crippen LogP contribution in [0, 0.1) is 17.2 Å². The molecule has 0 radical (unpaired) electrons. The molecule has 5 nitrogen and oxygen atoms in total. The fraction of sp³-hybridized carbons (Fsp3) is 0.545. The lowest BCUT2D eigenvalue weighted by Gasteiger charge is -2.17. The number of thiazole rings is 1. The van der Waals surface area contributed by atoms with Gasteiger partial charge in [-0.25, -0.2) is 9.78 Å². The number of nitrogens with zero attached hydrogens (tertiary/aromatic N) is 2. The van der Waals surface area contributed by atoms with Gasteiger partial charge in [-0.2, -0.15) is 5.26 Å². The Morgan fingerprint density at radius 3 is 2.78 bits per heavy atom. The highest BCUT2D eigenvalue weighted by Gasteiger charge is 2.22. The van der Waals surface area contributed by atoms with Crippen molar-refractivity contribution < 1.29 is 9.53 Å². The second kappa shape index (κ2) is 6.57. The zero-order valence-corrected chi connectivity index (χ0v) is 11.9. The number of ether oxygens (including phenoxy) is 1. The molecule has 0 aromatic carbocycles. The molecule has 1 N–H and O–H groups in total. The molecule has 0 bridgehead atoms. The standard InChI is InChI=1S/C11H14ClN3O2S/c1-6(2)4-7(10(16)17-3)14-11-15-9(12)8(5-13)18-11/h6-7H,4H2,1-3H3,(H,14,15). The van der Waals surface area contributed by atoms with Gasteiger partial charge in [0.15, 0.2) is 10.3 Å². The molecule has 18 heavy (non-hydrogen) atoms. The van der Waals surface area contributed by atoms with Gasteiger partial charge in [0.2, 0.25) is 0 Å². The maximum Gasteiger partial charge on any atom is 0.328 e. The summed E-state index contributed by atoms with van der Waals surface area (Å²) in [5, 5.41) is 12.3. The van der Waals surface area contributed by atoms with Crippen LogP contribution in [-0.4, -0.2) is 24.1 Å². The van der Waals surface area contributed by atoms with Crippen molar-refractivity contribution in [3.8, 4) is 6.07 Å². The molecular weight excluding hydrogens is 274 g/mol. The fourth-order valence-corrected chi connectivity index (χ4v) is 2.41. The second-order valence-corrected chi connectivity index (χ2v) is 5.46. The maximum absolute atomic E-state index is 11.6. The van der Waals surface area contributed by atoms with E-state index in [1.807, 2.05) is 19.9 Å². The molecule has 1 rings (SSSR count). The number of halogens is 1. The normalized spacial score (nSPS) is 12.0. The van der Waals surface area contributed by atoms with E-state index in [0.717, 1.165) is 11.3 Å². The van der Waals surface area contributed by atoms with Crippen LogP contribution in [0.5, 0.6) is 0 Å². The van der Waals surface area contributed by atoms with Crippen LogP contribution in [0.25, 0.3) is 0 Å². The Labute approximate surface area is 115 Å². The highest BCUT2D eigenvalue weighted by atomic mass is 35.5. The SMILES string of the molecule is COC(=O)C(CC(C)C)Nc1nc(Cl)c(C#N)s1. The van der Waals surface area contributed by atoms with E-state index in [2.05, 4.69) is 10.3 Å². The van der Waals surface area contributed by atoms with Crippen molar-refractivity contribution in [1.82, 2.24) is 4.98 Å². The number of carbonyl (C=O) groups is 1. The molecule has 1 unspecified atom stereocenters. The Hall–Kier alpha value is -1.32. The van der Waals surface area contributed by atoms with Gasteiger partial charge in [-0.3, -0.25) is 0 Å². The predicted octanol–water partition coefficient (Wildman–Crippen LogP) is 2.67. The van der Waals surface area contributed by atoms with E-state index in [9.17, 15) is 4.79 Å². The van der Waals surface area contributed by atoms with E-state index in [-0.39, 0.29) is 11.1 Å². The molecule has 0 saturated carbocycles. The third-order valence-corrected chi connectivity index (χ3v) is 3.45. The van der Waals surface area contributed by atoms with Gasteiger partial charge in [0.25, 0.3) is 0 Å². The zero-order chi connectivity index (χ0) is 13.7. The molecule has 0 fully saturated rings. The number of hydrogen-bond donors (Lipinski definition) is 1. The number of nitriles is 1. The van der Waals surface area contributed by atoms with Crippen molar-refractivity contribution >= 4 is 34.0 Å². The summed E-state index contributed by atoms with van der Waals surface area (Å²) < 4.78 is 4.73. The predicted molar refractivity (Wildman–Crippen MR) is 70.7 cm³/mol. The summed E-state index contributed by atoms with van der Waals surface area (Å²) in [7, 11) is 1.34. The molecule has 0 aliphatic rings. The van der Waals surface area contributed by atoms with E-state index in [4.69, 9.17) is 21.6 Å². The van der Waals surface area contributed by atoms with E-state index >= 15 is 0 Å². The summed E-state index contributed by atoms with van der Waals surface area (Å²) in [5.41, 5.74) is 0. The molecular formula is C11H14ClN3O2S. The zero-order valence-electron chi connectivity index (χ0n) is 10.4. The molecule has 0 aliphatic heterocycles. The number of rotatable bonds is 5. The first-order chi connectivity index (χ1) is 8.47. The van der Waals surface area contributed by atoms with Crippen molar-refractivity contribution in [2.45, 2.75) is 26.3 Å². The highest BCUT2D eigenvalue weighted by molar-refractivity contribution is 7.16. The lowest BCUT2D eigenvalue weighted by atomic mass is 10.0. The van der Waals surface area contributed by atoms with Gasteiger partial charge in [0.1, 0.15) is 17.0 Å². The molecule has 0 aliphatic carbocycles. The Bertz CT molecular complexity index is 467. The molecule has 1 atom stereocenters. The Kier molecular flexibility index (Phi) is 5.38. The molecule has 0 amide bonds. The Morgan fingerprint density at radius 2 is 2.33 bits per heavy atom. The average molecular weight is 288 g/mol. The lowest BCUT2D eigenvalue weighted by molar-refractivity contribution is -0.141. The van der Waals surface area contributed by atoms with Crippen LogP contribution in [-0.2, 0) is 9.53 Å². The molecule has 1 aromatic rings. The average Bonchev–Trinajstić information content (AvgIpc) is 2.67. The van der Waals surface area contributed by atoms with Crippen LogP contribution >= 0.6 is 22.9 Å². The van der Waals surface area contributed by atoms with Crippen molar-refractivity contribution in [2.75, 3.05) is 12.4 Å². The first-order valence-electron chi connectivity index (χ1n) is 5.38. The Morgan fingerprint density at radius 1 is 1.67 bits per heavy atom. The highest BCUT2D eigenvalue weighted by Crippen LogP contribution is 2.27. The molecule has 1 heterocycles. The van der Waals surface area contributed by atoms with Crippen LogP contribution in [0.4, 0.5) is 5.13 Å². The smallest absolute Gasteiger partial charge is 0.328 e. The van der Waals surface area contributed by atoms with Crippen molar-refractivity contribution in [3.63, 3.8) is 0 Å². The van der Waals surface area contributed by atoms with Gasteiger partial charge in [0.05, 0.1) is 7.11 Å². The van der Waals surface area contributed by atoms with Crippen molar-refractivity contribution in [2.24, 2.45) is 5.92 Å². The summed E-state index contributed by atoms with van der Waals surface area (Å²) in [6.07, 6.45) is 0.617. The first-order valence-corrected chi connectivity index (χ1v) is 6.58. The topological polar surface area (TPSA) is 75.0 Å². The van der Waals surface area contributed by atoms with E-state index in [1.54, 1.807) is 0 Å². The fourth-order valence-electron chi connectivity index (χ4n) is 1.41. The van der Waals surface area contributed by atoms with Gasteiger partial charge in [-0.05, 0) is 12.3 Å². The largest absolute Gasteiger partial charge is 0.467 e. The maximum atomic E-state index is 11.6. The summed E-state index contributed by atoms with van der Waals surface area (Å²) in [6, 6.07) is 1.46. The van der Waals surface area contributed by atoms with Crippen LogP contribution in [0.3, 0.4) is 0 Å². The van der Waals surface area contributed by atoms with Gasteiger partial charge in [-0.15, -0.1) is 0 Å². The van der Waals surface area contributed by atoms with E-state index in [0.29, 0.717) is 22.3 Å². The Balaban J connectivity index is 2.82. The van der Waals surface area contributed by atoms with Gasteiger partial charge in [-0.1, -0.05) is 36.8 Å². The van der Waals surface area contributed by atoms with Crippen LogP contribution in [0.15, 0.2) is 0 Å². The first kappa shape index (κ1) is 14.7. The van der Waals surface area contributed by atoms with E-state index in [1.165, 1.54) is 7.11 Å². The van der Waals surface area contributed by atoms with Crippen LogP contribution in [0.1, 0.15) is 25.1 Å². The number of carbonyl (C=O) groups excluding carboxylic acids is 1. The van der Waals surface area contributed by atoms with Gasteiger partial charge < -0.3 is 10.1 Å². The van der Waals surface area contributed by atoms with E-state index < -0.39 is 6.04 Å². The monoisotopic (exact) mass is 287 g/mol. The second-order valence-electron chi connectivity index (χ2n) is 4.10. The molecule has 1 aromatic heterocycles.